The summed E-state index contributed by atoms with van der Waals surface area (Å²) in [5, 5.41) is 0. The SMILES string of the molecule is COC1CCN(C(=O)c2ccc(F)c(F)c2)CC1. The van der Waals surface area contributed by atoms with Crippen LogP contribution in [0.15, 0.2) is 18.2 Å². The number of methoxy groups -OCH3 is 1. The molecule has 5 heteroatoms. The Hall–Kier alpha value is -1.49. The molecular formula is C13H15F2NO2. The number of hydrogen-bond acceptors (Lipinski definition) is 2. The van der Waals surface area contributed by atoms with Crippen LogP contribution < -0.4 is 0 Å². The largest absolute Gasteiger partial charge is 0.381 e. The zero-order valence-electron chi connectivity index (χ0n) is 10.2. The Morgan fingerprint density at radius 3 is 2.50 bits per heavy atom. The van der Waals surface area contributed by atoms with Crippen LogP contribution in [-0.4, -0.2) is 37.1 Å². The first-order valence-electron chi connectivity index (χ1n) is 5.89. The molecule has 0 aliphatic carbocycles. The Bertz CT molecular complexity index is 443. The number of likely N-dealkylation sites (tertiary alicyclic amines) is 1. The van der Waals surface area contributed by atoms with Gasteiger partial charge in [-0.25, -0.2) is 8.78 Å². The quantitative estimate of drug-likeness (QED) is 0.811. The maximum Gasteiger partial charge on any atom is 0.253 e. The topological polar surface area (TPSA) is 29.5 Å². The van der Waals surface area contributed by atoms with Crippen molar-refractivity contribution < 1.29 is 18.3 Å². The Morgan fingerprint density at radius 2 is 1.94 bits per heavy atom. The van der Waals surface area contributed by atoms with Gasteiger partial charge in [-0.15, -0.1) is 0 Å². The van der Waals surface area contributed by atoms with Crippen LogP contribution in [0.3, 0.4) is 0 Å². The number of halogens is 2. The second-order valence-electron chi connectivity index (χ2n) is 4.36. The highest BCUT2D eigenvalue weighted by atomic mass is 19.2. The molecule has 1 saturated heterocycles. The molecule has 98 valence electrons. The minimum Gasteiger partial charge on any atom is -0.381 e. The number of carbonyl (C=O) groups excluding carboxylic acids is 1. The number of benzene rings is 1. The van der Waals surface area contributed by atoms with E-state index in [9.17, 15) is 13.6 Å². The summed E-state index contributed by atoms with van der Waals surface area (Å²) in [6.45, 7) is 1.16. The molecule has 1 aliphatic heterocycles. The Kier molecular flexibility index (Phi) is 3.91. The molecule has 0 aromatic heterocycles. The lowest BCUT2D eigenvalue weighted by Gasteiger charge is -2.31. The van der Waals surface area contributed by atoms with Crippen molar-refractivity contribution in [2.24, 2.45) is 0 Å². The normalized spacial score (nSPS) is 16.9. The molecule has 1 aliphatic rings. The fourth-order valence-corrected chi connectivity index (χ4v) is 2.11. The van der Waals surface area contributed by atoms with Crippen LogP contribution in [0.25, 0.3) is 0 Å². The van der Waals surface area contributed by atoms with Gasteiger partial charge in [0.05, 0.1) is 6.10 Å². The van der Waals surface area contributed by atoms with E-state index in [0.29, 0.717) is 13.1 Å². The standard InChI is InChI=1S/C13H15F2NO2/c1-18-10-4-6-16(7-5-10)13(17)9-2-3-11(14)12(15)8-9/h2-3,8,10H,4-7H2,1H3. The van der Waals surface area contributed by atoms with Crippen molar-refractivity contribution in [2.75, 3.05) is 20.2 Å². The lowest BCUT2D eigenvalue weighted by Crippen LogP contribution is -2.40. The van der Waals surface area contributed by atoms with E-state index in [-0.39, 0.29) is 17.6 Å². The van der Waals surface area contributed by atoms with E-state index < -0.39 is 11.6 Å². The molecule has 1 amide bonds. The predicted octanol–water partition coefficient (Wildman–Crippen LogP) is 2.22. The van der Waals surface area contributed by atoms with Gasteiger partial charge in [0, 0.05) is 25.8 Å². The molecule has 0 spiro atoms. The van der Waals surface area contributed by atoms with Gasteiger partial charge in [0.1, 0.15) is 0 Å². The number of amides is 1. The van der Waals surface area contributed by atoms with Gasteiger partial charge in [-0.3, -0.25) is 4.79 Å². The van der Waals surface area contributed by atoms with Crippen LogP contribution in [0.2, 0.25) is 0 Å². The Balaban J connectivity index is 2.05. The smallest absolute Gasteiger partial charge is 0.253 e. The van der Waals surface area contributed by atoms with Crippen molar-refractivity contribution in [3.63, 3.8) is 0 Å². The molecule has 0 N–H and O–H groups in total. The number of carbonyl (C=O) groups is 1. The van der Waals surface area contributed by atoms with Crippen molar-refractivity contribution in [3.05, 3.63) is 35.4 Å². The van der Waals surface area contributed by atoms with Gasteiger partial charge in [-0.1, -0.05) is 0 Å². The third kappa shape index (κ3) is 2.67. The molecule has 18 heavy (non-hydrogen) atoms. The van der Waals surface area contributed by atoms with Crippen LogP contribution >= 0.6 is 0 Å². The Labute approximate surface area is 104 Å². The highest BCUT2D eigenvalue weighted by molar-refractivity contribution is 5.94. The maximum atomic E-state index is 13.1. The molecule has 1 aromatic rings. The molecule has 1 fully saturated rings. The second kappa shape index (κ2) is 5.44. The summed E-state index contributed by atoms with van der Waals surface area (Å²) in [6.07, 6.45) is 1.72. The lowest BCUT2D eigenvalue weighted by atomic mass is 10.1. The third-order valence-electron chi connectivity index (χ3n) is 3.23. The average Bonchev–Trinajstić information content (AvgIpc) is 2.41. The zero-order chi connectivity index (χ0) is 13.1. The molecular weight excluding hydrogens is 240 g/mol. The predicted molar refractivity (Wildman–Crippen MR) is 62.3 cm³/mol. The van der Waals surface area contributed by atoms with Gasteiger partial charge in [0.2, 0.25) is 0 Å². The molecule has 1 heterocycles. The first-order chi connectivity index (χ1) is 8.61. The minimum atomic E-state index is -0.993. The highest BCUT2D eigenvalue weighted by Crippen LogP contribution is 2.17. The van der Waals surface area contributed by atoms with Crippen LogP contribution in [0, 0.1) is 11.6 Å². The van der Waals surface area contributed by atoms with E-state index in [1.807, 2.05) is 0 Å². The molecule has 0 unspecified atom stereocenters. The maximum absolute atomic E-state index is 13.1. The zero-order valence-corrected chi connectivity index (χ0v) is 10.2. The van der Waals surface area contributed by atoms with Gasteiger partial charge < -0.3 is 9.64 Å². The number of piperidine rings is 1. The van der Waals surface area contributed by atoms with Crippen molar-refractivity contribution in [1.29, 1.82) is 0 Å². The second-order valence-corrected chi connectivity index (χ2v) is 4.36. The number of nitrogens with zero attached hydrogens (tertiary/aromatic N) is 1. The summed E-state index contributed by atoms with van der Waals surface area (Å²) < 4.78 is 31.1. The van der Waals surface area contributed by atoms with Crippen LogP contribution in [0.1, 0.15) is 23.2 Å². The van der Waals surface area contributed by atoms with E-state index in [0.717, 1.165) is 25.0 Å². The first kappa shape index (κ1) is 13.0. The lowest BCUT2D eigenvalue weighted by molar-refractivity contribution is 0.0350. The molecule has 1 aromatic carbocycles. The van der Waals surface area contributed by atoms with Crippen molar-refractivity contribution in [2.45, 2.75) is 18.9 Å². The summed E-state index contributed by atoms with van der Waals surface area (Å²) in [4.78, 5) is 13.7. The summed E-state index contributed by atoms with van der Waals surface area (Å²) in [5.41, 5.74) is 0.185. The monoisotopic (exact) mass is 255 g/mol. The highest BCUT2D eigenvalue weighted by Gasteiger charge is 2.23. The fraction of sp³-hybridized carbons (Fsp3) is 0.462. The first-order valence-corrected chi connectivity index (χ1v) is 5.89. The molecule has 0 bridgehead atoms. The molecule has 2 rings (SSSR count). The van der Waals surface area contributed by atoms with Gasteiger partial charge >= 0.3 is 0 Å². The number of rotatable bonds is 2. The summed E-state index contributed by atoms with van der Waals surface area (Å²) in [5.74, 6) is -2.19. The summed E-state index contributed by atoms with van der Waals surface area (Å²) in [7, 11) is 1.65. The van der Waals surface area contributed by atoms with Crippen LogP contribution in [0.4, 0.5) is 8.78 Å². The van der Waals surface area contributed by atoms with Gasteiger partial charge in [-0.05, 0) is 31.0 Å². The van der Waals surface area contributed by atoms with Crippen molar-refractivity contribution >= 4 is 5.91 Å². The van der Waals surface area contributed by atoms with Gasteiger partial charge in [-0.2, -0.15) is 0 Å². The van der Waals surface area contributed by atoms with Crippen molar-refractivity contribution in [3.8, 4) is 0 Å². The van der Waals surface area contributed by atoms with Gasteiger partial charge in [0.25, 0.3) is 5.91 Å². The molecule has 3 nitrogen and oxygen atoms in total. The van der Waals surface area contributed by atoms with Gasteiger partial charge in [0.15, 0.2) is 11.6 Å². The Morgan fingerprint density at radius 1 is 1.28 bits per heavy atom. The van der Waals surface area contributed by atoms with E-state index in [1.54, 1.807) is 12.0 Å². The number of ether oxygens (including phenoxy) is 1. The molecule has 0 saturated carbocycles. The van der Waals surface area contributed by atoms with E-state index in [4.69, 9.17) is 4.74 Å². The van der Waals surface area contributed by atoms with Crippen molar-refractivity contribution in [1.82, 2.24) is 4.90 Å². The minimum absolute atomic E-state index is 0.180. The summed E-state index contributed by atoms with van der Waals surface area (Å²) >= 11 is 0. The van der Waals surface area contributed by atoms with Crippen LogP contribution in [-0.2, 0) is 4.74 Å². The van der Waals surface area contributed by atoms with E-state index >= 15 is 0 Å². The summed E-state index contributed by atoms with van der Waals surface area (Å²) in [6, 6.07) is 3.23. The fourth-order valence-electron chi connectivity index (χ4n) is 2.11. The number of hydrogen-bond donors (Lipinski definition) is 0. The average molecular weight is 255 g/mol. The van der Waals surface area contributed by atoms with E-state index in [1.165, 1.54) is 6.07 Å². The molecule has 0 atom stereocenters. The molecule has 0 radical (unpaired) electrons. The van der Waals surface area contributed by atoms with Crippen LogP contribution in [0.5, 0.6) is 0 Å². The van der Waals surface area contributed by atoms with E-state index in [2.05, 4.69) is 0 Å². The third-order valence-corrected chi connectivity index (χ3v) is 3.23.